The second kappa shape index (κ2) is 7.37. The third kappa shape index (κ3) is 5.77. The fraction of sp³-hybridized carbons (Fsp3) is 0.417. The van der Waals surface area contributed by atoms with Crippen LogP contribution in [0.15, 0.2) is 30.3 Å². The summed E-state index contributed by atoms with van der Waals surface area (Å²) >= 11 is 0.961. The van der Waals surface area contributed by atoms with E-state index in [0.717, 1.165) is 11.8 Å². The lowest BCUT2D eigenvalue weighted by Crippen LogP contribution is -2.08. The van der Waals surface area contributed by atoms with Gasteiger partial charge in [0.25, 0.3) is 0 Å². The first-order chi connectivity index (χ1) is 8.09. The van der Waals surface area contributed by atoms with E-state index in [1.807, 2.05) is 0 Å². The van der Waals surface area contributed by atoms with Gasteiger partial charge in [0.15, 0.2) is 0 Å². The number of carbonyl (C=O) groups excluding carboxylic acids is 1. The highest BCUT2D eigenvalue weighted by molar-refractivity contribution is 8.14. The van der Waals surface area contributed by atoms with E-state index in [4.69, 9.17) is 0 Å². The van der Waals surface area contributed by atoms with Gasteiger partial charge in [0.05, 0.1) is 0 Å². The molecule has 0 fully saturated rings. The lowest BCUT2D eigenvalue weighted by molar-refractivity contribution is 0.0995. The smallest absolute Gasteiger partial charge is 0.241 e. The molecular weight excluding hydrogens is 249 g/mol. The van der Waals surface area contributed by atoms with Gasteiger partial charge in [0.1, 0.15) is 6.17 Å². The van der Waals surface area contributed by atoms with Crippen molar-refractivity contribution in [2.45, 2.75) is 25.4 Å². The molecule has 0 amide bonds. The van der Waals surface area contributed by atoms with E-state index in [-0.39, 0.29) is 17.3 Å². The average Bonchev–Trinajstić information content (AvgIpc) is 2.29. The van der Waals surface area contributed by atoms with Crippen molar-refractivity contribution in [2.75, 3.05) is 5.75 Å². The van der Waals surface area contributed by atoms with E-state index in [9.17, 15) is 18.0 Å². The highest BCUT2D eigenvalue weighted by atomic mass is 32.2. The zero-order valence-corrected chi connectivity index (χ0v) is 9.93. The minimum Gasteiger partial charge on any atom is -0.282 e. The summed E-state index contributed by atoms with van der Waals surface area (Å²) in [6.07, 6.45) is -4.93. The Morgan fingerprint density at radius 2 is 1.82 bits per heavy atom. The van der Waals surface area contributed by atoms with Crippen LogP contribution in [0.5, 0.6) is 0 Å². The van der Waals surface area contributed by atoms with Gasteiger partial charge < -0.3 is 0 Å². The Morgan fingerprint density at radius 3 is 2.41 bits per heavy atom. The fourth-order valence-corrected chi connectivity index (χ4v) is 2.11. The predicted octanol–water partition coefficient (Wildman–Crippen LogP) is 3.94. The third-order valence-electron chi connectivity index (χ3n) is 2.11. The molecule has 0 heterocycles. The van der Waals surface area contributed by atoms with E-state index >= 15 is 0 Å². The number of hydrogen-bond donors (Lipinski definition) is 0. The minimum absolute atomic E-state index is 0.0203. The largest absolute Gasteiger partial charge is 0.282 e. The monoisotopic (exact) mass is 262 g/mol. The quantitative estimate of drug-likeness (QED) is 0.772. The first kappa shape index (κ1) is 14.1. The van der Waals surface area contributed by atoms with E-state index in [1.54, 1.807) is 30.3 Å². The SMILES string of the molecule is O=C(SCCC(F)CC(F)F)c1ccccc1. The molecule has 0 aliphatic heterocycles. The van der Waals surface area contributed by atoms with Crippen LogP contribution in [-0.2, 0) is 0 Å². The number of carbonyl (C=O) groups is 1. The van der Waals surface area contributed by atoms with Crippen LogP contribution in [-0.4, -0.2) is 23.5 Å². The number of benzene rings is 1. The molecule has 1 aromatic rings. The molecule has 1 rings (SSSR count). The Kier molecular flexibility index (Phi) is 6.11. The second-order valence-electron chi connectivity index (χ2n) is 3.51. The number of alkyl halides is 3. The van der Waals surface area contributed by atoms with Crippen LogP contribution in [0.2, 0.25) is 0 Å². The molecule has 1 aromatic carbocycles. The van der Waals surface area contributed by atoms with Gasteiger partial charge in [-0.15, -0.1) is 0 Å². The Hall–Kier alpha value is -0.970. The summed E-state index contributed by atoms with van der Waals surface area (Å²) in [4.78, 5) is 11.5. The number of rotatable bonds is 6. The topological polar surface area (TPSA) is 17.1 Å². The van der Waals surface area contributed by atoms with Gasteiger partial charge in [0, 0.05) is 17.7 Å². The molecule has 0 N–H and O–H groups in total. The molecule has 94 valence electrons. The van der Waals surface area contributed by atoms with Gasteiger partial charge >= 0.3 is 0 Å². The van der Waals surface area contributed by atoms with Gasteiger partial charge in [-0.3, -0.25) is 4.79 Å². The standard InChI is InChI=1S/C12H13F3OS/c13-10(8-11(14)15)6-7-17-12(16)9-4-2-1-3-5-9/h1-5,10-11H,6-8H2. The highest BCUT2D eigenvalue weighted by Gasteiger charge is 2.14. The van der Waals surface area contributed by atoms with Crippen molar-refractivity contribution in [3.05, 3.63) is 35.9 Å². The maximum absolute atomic E-state index is 12.9. The van der Waals surface area contributed by atoms with Crippen molar-refractivity contribution in [3.63, 3.8) is 0 Å². The Morgan fingerprint density at radius 1 is 1.18 bits per heavy atom. The normalized spacial score (nSPS) is 12.7. The summed E-state index contributed by atoms with van der Waals surface area (Å²) < 4.78 is 36.5. The van der Waals surface area contributed by atoms with Crippen LogP contribution in [0.25, 0.3) is 0 Å². The first-order valence-corrected chi connectivity index (χ1v) is 6.22. The lowest BCUT2D eigenvalue weighted by atomic mass is 10.2. The van der Waals surface area contributed by atoms with Crippen molar-refractivity contribution in [2.24, 2.45) is 0 Å². The van der Waals surface area contributed by atoms with Crippen LogP contribution in [0, 0.1) is 0 Å². The maximum atomic E-state index is 12.9. The summed E-state index contributed by atoms with van der Waals surface area (Å²) in [5.74, 6) is 0.224. The molecule has 1 nitrogen and oxygen atoms in total. The van der Waals surface area contributed by atoms with E-state index in [0.29, 0.717) is 5.56 Å². The first-order valence-electron chi connectivity index (χ1n) is 5.24. The average molecular weight is 262 g/mol. The molecule has 1 unspecified atom stereocenters. The van der Waals surface area contributed by atoms with E-state index in [1.165, 1.54) is 0 Å². The summed E-state index contributed by atoms with van der Waals surface area (Å²) in [6.45, 7) is 0. The summed E-state index contributed by atoms with van der Waals surface area (Å²) in [6, 6.07) is 8.61. The zero-order valence-electron chi connectivity index (χ0n) is 9.11. The van der Waals surface area contributed by atoms with Gasteiger partial charge in [-0.25, -0.2) is 13.2 Å². The molecule has 0 radical (unpaired) electrons. The lowest BCUT2D eigenvalue weighted by Gasteiger charge is -2.06. The second-order valence-corrected chi connectivity index (χ2v) is 4.58. The van der Waals surface area contributed by atoms with Crippen molar-refractivity contribution >= 4 is 16.9 Å². The summed E-state index contributed by atoms with van der Waals surface area (Å²) in [5, 5.41) is -0.158. The molecule has 0 aliphatic carbocycles. The zero-order chi connectivity index (χ0) is 12.7. The molecule has 0 saturated carbocycles. The molecule has 0 saturated heterocycles. The molecule has 0 aliphatic rings. The molecule has 0 spiro atoms. The predicted molar refractivity (Wildman–Crippen MR) is 63.4 cm³/mol. The molecule has 17 heavy (non-hydrogen) atoms. The summed E-state index contributed by atoms with van der Waals surface area (Å²) in [5.41, 5.74) is 0.543. The fourth-order valence-electron chi connectivity index (χ4n) is 1.25. The Labute approximate surface area is 102 Å². The van der Waals surface area contributed by atoms with E-state index in [2.05, 4.69) is 0 Å². The number of thioether (sulfide) groups is 1. The van der Waals surface area contributed by atoms with Gasteiger partial charge in [0.2, 0.25) is 11.5 Å². The van der Waals surface area contributed by atoms with Crippen molar-refractivity contribution in [3.8, 4) is 0 Å². The van der Waals surface area contributed by atoms with Crippen LogP contribution >= 0.6 is 11.8 Å². The summed E-state index contributed by atoms with van der Waals surface area (Å²) in [7, 11) is 0. The molecule has 5 heteroatoms. The van der Waals surface area contributed by atoms with Crippen molar-refractivity contribution in [1.82, 2.24) is 0 Å². The molecular formula is C12H13F3OS. The van der Waals surface area contributed by atoms with E-state index < -0.39 is 19.0 Å². The molecule has 0 bridgehead atoms. The van der Waals surface area contributed by atoms with Crippen LogP contribution < -0.4 is 0 Å². The highest BCUT2D eigenvalue weighted by Crippen LogP contribution is 2.17. The third-order valence-corrected chi connectivity index (χ3v) is 3.05. The molecule has 0 aromatic heterocycles. The Bertz CT molecular complexity index is 343. The van der Waals surface area contributed by atoms with Gasteiger partial charge in [-0.1, -0.05) is 42.1 Å². The van der Waals surface area contributed by atoms with Crippen molar-refractivity contribution in [1.29, 1.82) is 0 Å². The molecule has 1 atom stereocenters. The Balaban J connectivity index is 2.25. The van der Waals surface area contributed by atoms with Crippen molar-refractivity contribution < 1.29 is 18.0 Å². The van der Waals surface area contributed by atoms with Crippen LogP contribution in [0.4, 0.5) is 13.2 Å². The number of hydrogen-bond acceptors (Lipinski definition) is 2. The van der Waals surface area contributed by atoms with Gasteiger partial charge in [-0.05, 0) is 6.42 Å². The minimum atomic E-state index is -2.63. The van der Waals surface area contributed by atoms with Crippen LogP contribution in [0.3, 0.4) is 0 Å². The van der Waals surface area contributed by atoms with Gasteiger partial charge in [-0.2, -0.15) is 0 Å². The number of halogens is 3. The maximum Gasteiger partial charge on any atom is 0.241 e. The van der Waals surface area contributed by atoms with Crippen LogP contribution in [0.1, 0.15) is 23.2 Å².